The average molecular weight is 214 g/mol. The van der Waals surface area contributed by atoms with E-state index in [0.717, 1.165) is 24.8 Å². The van der Waals surface area contributed by atoms with Crippen LogP contribution in [0.15, 0.2) is 24.3 Å². The van der Waals surface area contributed by atoms with Crippen LogP contribution in [-0.2, 0) is 11.2 Å². The van der Waals surface area contributed by atoms with Crippen molar-refractivity contribution in [3.05, 3.63) is 35.4 Å². The molecule has 3 nitrogen and oxygen atoms in total. The van der Waals surface area contributed by atoms with E-state index in [9.17, 15) is 4.79 Å². The van der Waals surface area contributed by atoms with Crippen LogP contribution in [0, 0.1) is 11.3 Å². The van der Waals surface area contributed by atoms with E-state index < -0.39 is 0 Å². The Morgan fingerprint density at radius 2 is 2.06 bits per heavy atom. The molecule has 1 aromatic carbocycles. The van der Waals surface area contributed by atoms with Crippen molar-refractivity contribution in [3.8, 4) is 6.07 Å². The highest BCUT2D eigenvalue weighted by atomic mass is 16.1. The molecule has 0 aliphatic heterocycles. The van der Waals surface area contributed by atoms with Gasteiger partial charge in [-0.3, -0.25) is 4.79 Å². The Morgan fingerprint density at radius 3 is 2.62 bits per heavy atom. The number of amides is 1. The van der Waals surface area contributed by atoms with E-state index in [1.54, 1.807) is 12.1 Å². The van der Waals surface area contributed by atoms with Crippen molar-refractivity contribution in [3.63, 3.8) is 0 Å². The molecule has 0 saturated heterocycles. The van der Waals surface area contributed by atoms with Gasteiger partial charge in [-0.15, -0.1) is 0 Å². The summed E-state index contributed by atoms with van der Waals surface area (Å²) in [5.74, 6) is 0.131. The Balaban J connectivity index is 1.79. The third-order valence-corrected chi connectivity index (χ3v) is 2.67. The van der Waals surface area contributed by atoms with Crippen molar-refractivity contribution < 1.29 is 4.79 Å². The monoisotopic (exact) mass is 214 g/mol. The summed E-state index contributed by atoms with van der Waals surface area (Å²) in [7, 11) is 0. The number of carbonyl (C=O) groups is 1. The third-order valence-electron chi connectivity index (χ3n) is 2.67. The maximum Gasteiger partial charge on any atom is 0.220 e. The van der Waals surface area contributed by atoms with Crippen molar-refractivity contribution in [2.45, 2.75) is 31.7 Å². The molecule has 1 fully saturated rings. The molecule has 0 heterocycles. The van der Waals surface area contributed by atoms with Crippen LogP contribution in [-0.4, -0.2) is 11.9 Å². The second kappa shape index (κ2) is 4.80. The zero-order valence-corrected chi connectivity index (χ0v) is 9.07. The van der Waals surface area contributed by atoms with Gasteiger partial charge in [-0.25, -0.2) is 0 Å². The molecular formula is C13H14N2O. The lowest BCUT2D eigenvalue weighted by molar-refractivity contribution is -0.121. The number of aryl methyl sites for hydroxylation is 1. The van der Waals surface area contributed by atoms with Crippen molar-refractivity contribution >= 4 is 5.91 Å². The first-order valence-electron chi connectivity index (χ1n) is 5.56. The summed E-state index contributed by atoms with van der Waals surface area (Å²) in [5, 5.41) is 11.6. The van der Waals surface area contributed by atoms with Crippen LogP contribution in [0.3, 0.4) is 0 Å². The van der Waals surface area contributed by atoms with Crippen molar-refractivity contribution in [2.24, 2.45) is 0 Å². The summed E-state index contributed by atoms with van der Waals surface area (Å²) in [5.41, 5.74) is 1.76. The molecule has 1 aromatic rings. The molecule has 0 unspecified atom stereocenters. The molecule has 1 amide bonds. The summed E-state index contributed by atoms with van der Waals surface area (Å²) in [6.07, 6.45) is 3.53. The van der Waals surface area contributed by atoms with Gasteiger partial charge in [-0.2, -0.15) is 5.26 Å². The van der Waals surface area contributed by atoms with Gasteiger partial charge < -0.3 is 5.32 Å². The largest absolute Gasteiger partial charge is 0.353 e. The summed E-state index contributed by atoms with van der Waals surface area (Å²) < 4.78 is 0. The molecule has 82 valence electrons. The molecule has 1 saturated carbocycles. The minimum Gasteiger partial charge on any atom is -0.353 e. The molecule has 1 aliphatic carbocycles. The topological polar surface area (TPSA) is 52.9 Å². The normalized spacial score (nSPS) is 14.2. The number of benzene rings is 1. The molecule has 2 rings (SSSR count). The fourth-order valence-corrected chi connectivity index (χ4v) is 1.53. The number of hydrogen-bond acceptors (Lipinski definition) is 2. The minimum absolute atomic E-state index is 0.131. The molecule has 0 aromatic heterocycles. The molecule has 16 heavy (non-hydrogen) atoms. The highest BCUT2D eigenvalue weighted by Gasteiger charge is 2.22. The maximum absolute atomic E-state index is 11.4. The molecular weight excluding hydrogens is 200 g/mol. The van der Waals surface area contributed by atoms with Gasteiger partial charge in [0.05, 0.1) is 11.6 Å². The quantitative estimate of drug-likeness (QED) is 0.830. The van der Waals surface area contributed by atoms with Crippen LogP contribution in [0.5, 0.6) is 0 Å². The van der Waals surface area contributed by atoms with E-state index in [1.807, 2.05) is 12.1 Å². The second-order valence-electron chi connectivity index (χ2n) is 4.15. The summed E-state index contributed by atoms with van der Waals surface area (Å²) in [4.78, 5) is 11.4. The zero-order chi connectivity index (χ0) is 11.4. The van der Waals surface area contributed by atoms with Crippen LogP contribution in [0.25, 0.3) is 0 Å². The van der Waals surface area contributed by atoms with E-state index in [-0.39, 0.29) is 5.91 Å². The summed E-state index contributed by atoms with van der Waals surface area (Å²) >= 11 is 0. The molecule has 3 heteroatoms. The Morgan fingerprint density at radius 1 is 1.38 bits per heavy atom. The molecule has 0 atom stereocenters. The van der Waals surface area contributed by atoms with Crippen LogP contribution < -0.4 is 5.32 Å². The van der Waals surface area contributed by atoms with Crippen LogP contribution >= 0.6 is 0 Å². The number of hydrogen-bond donors (Lipinski definition) is 1. The highest BCUT2D eigenvalue weighted by Crippen LogP contribution is 2.18. The van der Waals surface area contributed by atoms with Gasteiger partial charge >= 0.3 is 0 Å². The number of nitrogens with zero attached hydrogens (tertiary/aromatic N) is 1. The third kappa shape index (κ3) is 3.09. The lowest BCUT2D eigenvalue weighted by Gasteiger charge is -2.03. The predicted octanol–water partition coefficient (Wildman–Crippen LogP) is 1.77. The predicted molar refractivity (Wildman–Crippen MR) is 60.6 cm³/mol. The van der Waals surface area contributed by atoms with Crippen LogP contribution in [0.2, 0.25) is 0 Å². The molecule has 0 bridgehead atoms. The number of nitriles is 1. The smallest absolute Gasteiger partial charge is 0.220 e. The number of carbonyl (C=O) groups excluding carboxylic acids is 1. The second-order valence-corrected chi connectivity index (χ2v) is 4.15. The number of nitrogens with one attached hydrogen (secondary N) is 1. The van der Waals surface area contributed by atoms with Gasteiger partial charge in [0.1, 0.15) is 0 Å². The first kappa shape index (κ1) is 10.7. The molecule has 1 N–H and O–H groups in total. The first-order valence-corrected chi connectivity index (χ1v) is 5.56. The fourth-order valence-electron chi connectivity index (χ4n) is 1.53. The van der Waals surface area contributed by atoms with Crippen LogP contribution in [0.4, 0.5) is 0 Å². The average Bonchev–Trinajstić information content (AvgIpc) is 3.11. The molecule has 0 radical (unpaired) electrons. The first-order chi connectivity index (χ1) is 7.78. The minimum atomic E-state index is 0.131. The van der Waals surface area contributed by atoms with Gasteiger partial charge in [0.15, 0.2) is 0 Å². The molecule has 0 spiro atoms. The van der Waals surface area contributed by atoms with Crippen molar-refractivity contribution in [1.29, 1.82) is 5.26 Å². The van der Waals surface area contributed by atoms with Gasteiger partial charge in [0.2, 0.25) is 5.91 Å². The van der Waals surface area contributed by atoms with Crippen molar-refractivity contribution in [2.75, 3.05) is 0 Å². The van der Waals surface area contributed by atoms with Gasteiger partial charge in [0.25, 0.3) is 0 Å². The zero-order valence-electron chi connectivity index (χ0n) is 9.07. The lowest BCUT2D eigenvalue weighted by atomic mass is 10.1. The van der Waals surface area contributed by atoms with Gasteiger partial charge in [0, 0.05) is 12.5 Å². The molecule has 1 aliphatic rings. The standard InChI is InChI=1S/C13H14N2O/c14-9-11-3-1-10(2-4-11)5-8-13(16)15-12-6-7-12/h1-4,12H,5-8H2,(H,15,16). The van der Waals surface area contributed by atoms with E-state index in [4.69, 9.17) is 5.26 Å². The van der Waals surface area contributed by atoms with Crippen LogP contribution in [0.1, 0.15) is 30.4 Å². The van der Waals surface area contributed by atoms with Gasteiger partial charge in [-0.1, -0.05) is 12.1 Å². The lowest BCUT2D eigenvalue weighted by Crippen LogP contribution is -2.25. The maximum atomic E-state index is 11.4. The fraction of sp³-hybridized carbons (Fsp3) is 0.385. The Kier molecular flexibility index (Phi) is 3.21. The van der Waals surface area contributed by atoms with E-state index in [1.165, 1.54) is 0 Å². The van der Waals surface area contributed by atoms with E-state index in [2.05, 4.69) is 11.4 Å². The Bertz CT molecular complexity index is 413. The van der Waals surface area contributed by atoms with E-state index >= 15 is 0 Å². The highest BCUT2D eigenvalue weighted by molar-refractivity contribution is 5.76. The summed E-state index contributed by atoms with van der Waals surface area (Å²) in [6, 6.07) is 9.90. The summed E-state index contributed by atoms with van der Waals surface area (Å²) in [6.45, 7) is 0. The SMILES string of the molecule is N#Cc1ccc(CCC(=O)NC2CC2)cc1. The van der Waals surface area contributed by atoms with E-state index in [0.29, 0.717) is 18.0 Å². The van der Waals surface area contributed by atoms with Gasteiger partial charge in [-0.05, 0) is 37.0 Å². The van der Waals surface area contributed by atoms with Crippen molar-refractivity contribution in [1.82, 2.24) is 5.32 Å². The number of rotatable bonds is 4. The Hall–Kier alpha value is -1.82. The Labute approximate surface area is 95.1 Å².